The van der Waals surface area contributed by atoms with Gasteiger partial charge in [0.15, 0.2) is 5.52 Å². The number of azide groups is 1. The highest BCUT2D eigenvalue weighted by Crippen LogP contribution is 2.24. The number of imidazole rings is 1. The molecule has 7 heteroatoms. The molecule has 97 valence electrons. The summed E-state index contributed by atoms with van der Waals surface area (Å²) in [7, 11) is 0. The van der Waals surface area contributed by atoms with E-state index in [9.17, 15) is 10.4 Å². The molecule has 0 spiro atoms. The maximum atomic E-state index is 12.2. The normalized spacial score (nSPS) is 10.4. The number of hydrogen-bond donors (Lipinski definition) is 0. The van der Waals surface area contributed by atoms with E-state index in [0.717, 1.165) is 0 Å². The first-order chi connectivity index (χ1) is 9.72. The van der Waals surface area contributed by atoms with E-state index in [1.54, 1.807) is 48.5 Å². The summed E-state index contributed by atoms with van der Waals surface area (Å²) in [5, 5.41) is 27.8. The largest absolute Gasteiger partial charge is 0.710 e. The highest BCUT2D eigenvalue weighted by Gasteiger charge is 2.24. The van der Waals surface area contributed by atoms with Gasteiger partial charge in [-0.15, -0.1) is 0 Å². The molecule has 0 aliphatic heterocycles. The van der Waals surface area contributed by atoms with Crippen LogP contribution in [0.3, 0.4) is 0 Å². The quantitative estimate of drug-likeness (QED) is 0.230. The summed E-state index contributed by atoms with van der Waals surface area (Å²) in [4.78, 5) is 2.67. The highest BCUT2D eigenvalue weighted by molar-refractivity contribution is 5.75. The minimum absolute atomic E-state index is 0.00122. The van der Waals surface area contributed by atoms with Gasteiger partial charge in [0, 0.05) is 15.3 Å². The number of hydrogen-bond acceptors (Lipinski definition) is 2. The zero-order chi connectivity index (χ0) is 14.1. The van der Waals surface area contributed by atoms with Crippen LogP contribution in [-0.2, 0) is 5.21 Å². The fourth-order valence-electron chi connectivity index (χ4n) is 2.08. The van der Waals surface area contributed by atoms with E-state index in [2.05, 4.69) is 10.0 Å². The molecule has 3 aromatic rings. The van der Waals surface area contributed by atoms with Gasteiger partial charge in [-0.25, -0.2) is 4.73 Å². The summed E-state index contributed by atoms with van der Waals surface area (Å²) < 4.78 is 1.20. The third-order valence-electron chi connectivity index (χ3n) is 2.99. The lowest BCUT2D eigenvalue weighted by Gasteiger charge is -2.02. The lowest BCUT2D eigenvalue weighted by molar-refractivity contribution is -0.567. The van der Waals surface area contributed by atoms with Crippen molar-refractivity contribution in [2.75, 3.05) is 0 Å². The summed E-state index contributed by atoms with van der Waals surface area (Å²) in [5.41, 5.74) is 9.85. The number of rotatable bonds is 2. The molecule has 0 unspecified atom stereocenters. The van der Waals surface area contributed by atoms with Crippen LogP contribution in [0, 0.1) is 5.21 Å². The zero-order valence-corrected chi connectivity index (χ0v) is 10.2. The Kier molecular flexibility index (Phi) is 2.67. The first-order valence-corrected chi connectivity index (χ1v) is 5.78. The van der Waals surface area contributed by atoms with Crippen molar-refractivity contribution in [3.63, 3.8) is 0 Å². The second-order valence-corrected chi connectivity index (χ2v) is 4.14. The molecule has 0 fully saturated rings. The van der Waals surface area contributed by atoms with Gasteiger partial charge in [0.1, 0.15) is 0 Å². The van der Waals surface area contributed by atoms with Gasteiger partial charge in [0.25, 0.3) is 0 Å². The molecular formula is C13H8N5O2. The van der Waals surface area contributed by atoms with Crippen LogP contribution in [0.15, 0.2) is 53.6 Å². The number of benzene rings is 2. The molecule has 3 rings (SSSR count). The van der Waals surface area contributed by atoms with Gasteiger partial charge >= 0.3 is 5.82 Å². The van der Waals surface area contributed by atoms with Crippen molar-refractivity contribution in [1.82, 2.24) is 4.73 Å². The molecule has 20 heavy (non-hydrogen) atoms. The Morgan fingerprint density at radius 2 is 1.85 bits per heavy atom. The summed E-state index contributed by atoms with van der Waals surface area (Å²) in [6, 6.07) is 12.8. The van der Waals surface area contributed by atoms with Gasteiger partial charge in [-0.3, -0.25) is 0 Å². The maximum Gasteiger partial charge on any atom is 0.337 e. The van der Waals surface area contributed by atoms with Crippen molar-refractivity contribution in [3.8, 4) is 11.4 Å². The first kappa shape index (κ1) is 11.9. The van der Waals surface area contributed by atoms with Crippen LogP contribution in [0.1, 0.15) is 0 Å². The van der Waals surface area contributed by atoms with Crippen LogP contribution in [0.25, 0.3) is 32.9 Å². The number of nitrogens with zero attached hydrogens (tertiary/aromatic N) is 5. The molecule has 0 atom stereocenters. The number of para-hydroxylation sites is 2. The molecule has 7 nitrogen and oxygen atoms in total. The van der Waals surface area contributed by atoms with E-state index in [-0.39, 0.29) is 5.82 Å². The van der Waals surface area contributed by atoms with E-state index < -0.39 is 0 Å². The molecule has 0 aliphatic carbocycles. The molecule has 1 heterocycles. The number of fused-ring (bicyclic) bond motifs is 1. The average molecular weight is 266 g/mol. The van der Waals surface area contributed by atoms with Gasteiger partial charge < -0.3 is 5.21 Å². The van der Waals surface area contributed by atoms with Crippen LogP contribution in [0.2, 0.25) is 0 Å². The Morgan fingerprint density at radius 1 is 1.15 bits per heavy atom. The standard InChI is InChI=1S/C13H8N5O2/c14-16-15-10-7-5-9(6-8-10)13-17(19)11-3-1-2-4-12(11)18(13)20/h1-8H. The van der Waals surface area contributed by atoms with E-state index in [0.29, 0.717) is 31.7 Å². The Morgan fingerprint density at radius 3 is 2.50 bits per heavy atom. The molecule has 0 aliphatic rings. The highest BCUT2D eigenvalue weighted by atomic mass is 16.5. The second-order valence-electron chi connectivity index (χ2n) is 4.14. The molecule has 0 saturated heterocycles. The third kappa shape index (κ3) is 1.70. The molecule has 0 amide bonds. The van der Waals surface area contributed by atoms with Gasteiger partial charge in [-0.1, -0.05) is 34.6 Å². The molecule has 0 bridgehead atoms. The SMILES string of the molecule is [N-]=[N+]=Nc1ccc(-c2n([O])c3ccccc3[n+]2[O-])cc1. The van der Waals surface area contributed by atoms with Gasteiger partial charge in [-0.05, 0) is 29.8 Å². The molecule has 1 aromatic heterocycles. The fraction of sp³-hybridized carbons (Fsp3) is 0. The topological polar surface area (TPSA) is 101 Å². The average Bonchev–Trinajstić information content (AvgIpc) is 2.73. The van der Waals surface area contributed by atoms with Crippen molar-refractivity contribution in [3.05, 3.63) is 64.2 Å². The summed E-state index contributed by atoms with van der Waals surface area (Å²) in [6.07, 6.45) is 0. The van der Waals surface area contributed by atoms with E-state index in [1.165, 1.54) is 0 Å². The Labute approximate surface area is 113 Å². The van der Waals surface area contributed by atoms with Crippen molar-refractivity contribution in [2.45, 2.75) is 0 Å². The summed E-state index contributed by atoms with van der Waals surface area (Å²) in [5.74, 6) is -0.00122. The second kappa shape index (κ2) is 4.49. The minimum Gasteiger partial charge on any atom is -0.710 e. The minimum atomic E-state index is -0.00122. The van der Waals surface area contributed by atoms with Crippen molar-refractivity contribution in [2.24, 2.45) is 5.11 Å². The maximum absolute atomic E-state index is 12.2. The van der Waals surface area contributed by atoms with Crippen LogP contribution < -0.4 is 4.73 Å². The first-order valence-electron chi connectivity index (χ1n) is 5.78. The third-order valence-corrected chi connectivity index (χ3v) is 2.99. The summed E-state index contributed by atoms with van der Waals surface area (Å²) >= 11 is 0. The predicted octanol–water partition coefficient (Wildman–Crippen LogP) is 3.08. The van der Waals surface area contributed by atoms with Crippen molar-refractivity contribution in [1.29, 1.82) is 0 Å². The fourth-order valence-corrected chi connectivity index (χ4v) is 2.08. The molecular weight excluding hydrogens is 258 g/mol. The predicted molar refractivity (Wildman–Crippen MR) is 71.2 cm³/mol. The van der Waals surface area contributed by atoms with Crippen LogP contribution in [0.4, 0.5) is 5.69 Å². The Bertz CT molecular complexity index is 793. The van der Waals surface area contributed by atoms with Crippen LogP contribution >= 0.6 is 0 Å². The number of aromatic nitrogens is 2. The van der Waals surface area contributed by atoms with Gasteiger partial charge in [-0.2, -0.15) is 0 Å². The summed E-state index contributed by atoms with van der Waals surface area (Å²) in [6.45, 7) is 0. The van der Waals surface area contributed by atoms with Crippen molar-refractivity contribution >= 4 is 16.7 Å². The molecule has 0 saturated carbocycles. The molecule has 1 radical (unpaired) electrons. The van der Waals surface area contributed by atoms with Gasteiger partial charge in [0.05, 0.1) is 5.56 Å². The Balaban J connectivity index is 2.21. The lowest BCUT2D eigenvalue weighted by Crippen LogP contribution is -2.27. The molecule has 2 aromatic carbocycles. The zero-order valence-electron chi connectivity index (χ0n) is 10.2. The van der Waals surface area contributed by atoms with Gasteiger partial charge in [0.2, 0.25) is 5.52 Å². The van der Waals surface area contributed by atoms with E-state index in [4.69, 9.17) is 5.53 Å². The lowest BCUT2D eigenvalue weighted by atomic mass is 10.2. The smallest absolute Gasteiger partial charge is 0.337 e. The Hall–Kier alpha value is -3.18. The van der Waals surface area contributed by atoms with Crippen LogP contribution in [0.5, 0.6) is 0 Å². The van der Waals surface area contributed by atoms with E-state index >= 15 is 0 Å². The van der Waals surface area contributed by atoms with E-state index in [1.807, 2.05) is 0 Å². The monoisotopic (exact) mass is 266 g/mol. The van der Waals surface area contributed by atoms with Crippen LogP contribution in [-0.4, -0.2) is 4.73 Å². The van der Waals surface area contributed by atoms with Crippen molar-refractivity contribution < 1.29 is 9.94 Å². The molecule has 0 N–H and O–H groups in total.